The predicted octanol–water partition coefficient (Wildman–Crippen LogP) is 30.5. The summed E-state index contributed by atoms with van der Waals surface area (Å²) < 4.78 is 48.6. The number of nitrogens with zero attached hydrogens (tertiary/aromatic N) is 19. The molecule has 0 atom stereocenters. The van der Waals surface area contributed by atoms with Crippen LogP contribution >= 0.6 is 0 Å². The lowest BCUT2D eigenvalue weighted by molar-refractivity contribution is 0.548. The quantitative estimate of drug-likeness (QED) is 0.114. The zero-order valence-electron chi connectivity index (χ0n) is 84.4. The second-order valence-electron chi connectivity index (χ2n) is 41.2. The molecule has 1 N–H and O–H groups in total. The van der Waals surface area contributed by atoms with E-state index < -0.39 is 11.8 Å². The van der Waals surface area contributed by atoms with Crippen LogP contribution in [0.2, 0.25) is 0 Å². The number of nitrogens with one attached hydrogen (secondary N) is 1. The van der Waals surface area contributed by atoms with E-state index in [1.165, 1.54) is 95.7 Å². The van der Waals surface area contributed by atoms with E-state index in [4.69, 9.17) is 29.9 Å². The first-order valence-corrected chi connectivity index (χ1v) is 53.0. The Morgan fingerprint density at radius 1 is 0.236 bits per heavy atom. The number of imidazole rings is 12. The number of benzene rings is 15. The molecule has 148 heavy (non-hydrogen) atoms. The number of hydrogen-bond acceptors (Lipinski definition) is 6. The number of fused-ring (bicyclic) bond motifs is 30. The van der Waals surface area contributed by atoms with Crippen LogP contribution in [-0.2, 0) is 19.4 Å². The van der Waals surface area contributed by atoms with E-state index >= 15 is 0 Å². The van der Waals surface area contributed by atoms with E-state index in [0.29, 0.717) is 0 Å². The molecule has 0 bridgehead atoms. The van der Waals surface area contributed by atoms with E-state index in [0.717, 1.165) is 273 Å². The Kier molecular flexibility index (Phi) is 19.8. The third-order valence-corrected chi connectivity index (χ3v) is 32.5. The maximum Gasteiger partial charge on any atom is 0.220 e. The average Bonchev–Trinajstić information content (AvgIpc) is 1.52. The van der Waals surface area contributed by atoms with Gasteiger partial charge in [0.2, 0.25) is 34.7 Å². The lowest BCUT2D eigenvalue weighted by Crippen LogP contribution is -2.01. The average molecular weight is 1930 g/mol. The predicted molar refractivity (Wildman–Crippen MR) is 601 cm³/mol. The summed E-state index contributed by atoms with van der Waals surface area (Å²) in [6.07, 6.45) is 28.8. The Morgan fingerprint density at radius 2 is 0.480 bits per heavy atom. The number of rotatable bonds is 14. The van der Waals surface area contributed by atoms with Crippen molar-refractivity contribution in [2.24, 2.45) is 11.8 Å². The molecule has 14 aromatic heterocycles. The van der Waals surface area contributed by atoms with Gasteiger partial charge >= 0.3 is 0 Å². The lowest BCUT2D eigenvalue weighted by atomic mass is 9.96. The van der Waals surface area contributed by atoms with E-state index in [9.17, 15) is 2.74 Å². The monoisotopic (exact) mass is 1930 g/mol. The first kappa shape index (κ1) is 83.9. The number of aromatic nitrogens is 20. The summed E-state index contributed by atoms with van der Waals surface area (Å²) in [7, 11) is 0. The Hall–Kier alpha value is -17.5. The Bertz CT molecular complexity index is 10000. The van der Waals surface area contributed by atoms with Crippen molar-refractivity contribution in [2.75, 3.05) is 0 Å². The van der Waals surface area contributed by atoms with Crippen LogP contribution in [0.4, 0.5) is 0 Å². The van der Waals surface area contributed by atoms with Crippen LogP contribution in [0.3, 0.4) is 0 Å². The molecular formula is C128H108N20. The fourth-order valence-electron chi connectivity index (χ4n) is 25.9. The third-order valence-electron chi connectivity index (χ3n) is 32.5. The molecule has 0 unspecified atom stereocenters. The normalized spacial score (nSPS) is 15.4. The standard InChI is InChI=1S/C44H40N6.C42H36N6.C38H27N7.C4H5N/c1-2-13-29(12-1)26-31-16-9-24-39-41(31)45-43-47(35-20-5-7-22-37(35)49(39)43)33-18-11-19-34(28-33)48-36-21-6-8-23-38(36)50-40-25-10-17-32(42(40)46-44(48)50)27-30-14-3-4-15-30;1-2-13-27(12-1)31-18-10-24-37-39(31)43-41-45(33-20-5-7-22-35(33)47(37)41)29-16-9-17-30(26-29)46-34-21-6-8-23-36(34)48-38-25-11-19-32(28-14-3-4-15-28)40(38)44-42(46)48;1-25-11-8-19-33-35(25)39-37-42(29-15-2-4-17-31(29)44(33)37)27-13-10-14-28(23-27)43-30-16-3-5-18-32(30)45-34-20-9-12-26(36(34)40-38(43)45)24-41-21-6-7-22-41;1-2-4-5-3-1/h5-11,16-25,28-30H,1-4,12-15,26-27H2;5-11,16-28H,1-4,12-15H2;2-23H,24H2,1H3;1-5H/i;27D,28D;;. The molecule has 4 fully saturated rings. The van der Waals surface area contributed by atoms with Crippen LogP contribution in [0.1, 0.15) is 151 Å². The topological polar surface area (TPSA) is 154 Å². The smallest absolute Gasteiger partial charge is 0.220 e. The molecule has 0 radical (unpaired) electrons. The molecule has 0 aliphatic heterocycles. The minimum atomic E-state index is -0.592. The summed E-state index contributed by atoms with van der Waals surface area (Å²) in [5.74, 6) is 5.77. The zero-order chi connectivity index (χ0) is 99.1. The molecule has 0 spiro atoms. The van der Waals surface area contributed by atoms with Gasteiger partial charge in [0.1, 0.15) is 0 Å². The summed E-state index contributed by atoms with van der Waals surface area (Å²) in [5.41, 5.74) is 39.9. The van der Waals surface area contributed by atoms with Crippen LogP contribution in [0, 0.1) is 18.8 Å². The fraction of sp³-hybridized carbons (Fsp3) is 0.188. The van der Waals surface area contributed by atoms with Crippen molar-refractivity contribution >= 4 is 167 Å². The van der Waals surface area contributed by atoms with Crippen LogP contribution in [0.5, 0.6) is 0 Å². The minimum absolute atomic E-state index is 0.592. The largest absolute Gasteiger partial charge is 0.368 e. The van der Waals surface area contributed by atoms with Crippen molar-refractivity contribution in [1.29, 1.82) is 0 Å². The number of para-hydroxylation sites is 18. The van der Waals surface area contributed by atoms with Crippen LogP contribution in [0.15, 0.2) is 377 Å². The van der Waals surface area contributed by atoms with Crippen LogP contribution in [-0.4, -0.2) is 93.3 Å². The highest BCUT2D eigenvalue weighted by atomic mass is 15.3. The summed E-state index contributed by atoms with van der Waals surface area (Å²) in [6.45, 7) is 2.90. The van der Waals surface area contributed by atoms with Gasteiger partial charge in [0.25, 0.3) is 0 Å². The van der Waals surface area contributed by atoms with Gasteiger partial charge < -0.3 is 9.55 Å². The maximum absolute atomic E-state index is 9.39. The lowest BCUT2D eigenvalue weighted by Gasteiger charge is -2.11. The van der Waals surface area contributed by atoms with Crippen LogP contribution < -0.4 is 0 Å². The van der Waals surface area contributed by atoms with Gasteiger partial charge in [-0.05, 0) is 291 Å². The van der Waals surface area contributed by atoms with E-state index in [-0.39, 0.29) is 0 Å². The molecule has 14 heterocycles. The molecule has 0 saturated heterocycles. The number of hydrogen-bond donors (Lipinski definition) is 1. The second-order valence-corrected chi connectivity index (χ2v) is 41.2. The molecule has 20 heteroatoms. The van der Waals surface area contributed by atoms with Gasteiger partial charge in [-0.1, -0.05) is 241 Å². The number of aryl methyl sites for hydroxylation is 1. The van der Waals surface area contributed by atoms with Crippen molar-refractivity contribution in [3.63, 3.8) is 0 Å². The molecule has 33 rings (SSSR count). The van der Waals surface area contributed by atoms with Gasteiger partial charge in [0.05, 0.1) is 167 Å². The maximum atomic E-state index is 9.39. The van der Waals surface area contributed by atoms with Gasteiger partial charge in [0.15, 0.2) is 0 Å². The highest BCUT2D eigenvalue weighted by molar-refractivity contribution is 6.01. The van der Waals surface area contributed by atoms with Gasteiger partial charge in [-0.3, -0.25) is 53.8 Å². The molecule has 4 aliphatic rings. The molecule has 29 aromatic rings. The molecule has 0 amide bonds. The van der Waals surface area contributed by atoms with Crippen molar-refractivity contribution < 1.29 is 2.74 Å². The first-order chi connectivity index (χ1) is 74.1. The first-order valence-electron chi connectivity index (χ1n) is 54.0. The molecule has 15 aromatic carbocycles. The second kappa shape index (κ2) is 34.9. The van der Waals surface area contributed by atoms with Crippen molar-refractivity contribution in [2.45, 2.75) is 141 Å². The Balaban J connectivity index is 0.000000101. The van der Waals surface area contributed by atoms with E-state index in [1.807, 2.05) is 24.5 Å². The highest BCUT2D eigenvalue weighted by Gasteiger charge is 2.32. The van der Waals surface area contributed by atoms with Crippen molar-refractivity contribution in [1.82, 2.24) is 93.3 Å². The number of H-pyrrole nitrogens is 1. The molecule has 4 aliphatic carbocycles. The summed E-state index contributed by atoms with van der Waals surface area (Å²) in [4.78, 5) is 35.0. The minimum Gasteiger partial charge on any atom is -0.368 e. The van der Waals surface area contributed by atoms with Gasteiger partial charge in [-0.25, -0.2) is 29.9 Å². The number of aromatic amines is 1. The van der Waals surface area contributed by atoms with Crippen LogP contribution in [0.25, 0.3) is 201 Å². The van der Waals surface area contributed by atoms with Crippen molar-refractivity contribution in [3.05, 3.63) is 410 Å². The van der Waals surface area contributed by atoms with E-state index in [1.54, 1.807) is 0 Å². The fourth-order valence-corrected chi connectivity index (χ4v) is 25.9. The third kappa shape index (κ3) is 13.7. The van der Waals surface area contributed by atoms with Crippen molar-refractivity contribution in [3.8, 4) is 34.1 Å². The summed E-state index contributed by atoms with van der Waals surface area (Å²) >= 11 is 0. The molecular weight excluding hydrogens is 1820 g/mol. The zero-order valence-corrected chi connectivity index (χ0v) is 82.4. The van der Waals surface area contributed by atoms with Gasteiger partial charge in [0, 0.05) is 34.1 Å². The van der Waals surface area contributed by atoms with Gasteiger partial charge in [-0.2, -0.15) is 0 Å². The molecule has 4 saturated carbocycles. The Morgan fingerprint density at radius 3 is 0.791 bits per heavy atom. The molecule has 720 valence electrons. The Labute approximate surface area is 854 Å². The summed E-state index contributed by atoms with van der Waals surface area (Å²) in [6, 6.07) is 125. The SMILES string of the molecule is Cc1cccc2c1nc1n(-c3cccc(-n4c5ccccc5n5c6cccc(Cn7cccc7)c6nc45)c3)c3ccccc3n21.[2H]C1(c2cccc3c2nc2n(-c4cccc(-n5c6ccccc6n6c7cccc(C8([2H])CCCC8)c7nc56)c4)c4ccccc4n32)CCCC1.c1cc(-n2c3ccccc3n3c4cccc(CC5CCCC5)c4nc23)cc(-n2c3ccccc3n3c4cccc(CC5CCCC5)c4nc23)c1.c1cc[nH]c1. The van der Waals surface area contributed by atoms with Gasteiger partial charge in [-0.15, -0.1) is 0 Å². The molecule has 20 nitrogen and oxygen atoms in total. The highest BCUT2D eigenvalue weighted by Crippen LogP contribution is 2.46. The summed E-state index contributed by atoms with van der Waals surface area (Å²) in [5, 5.41) is 0. The van der Waals surface area contributed by atoms with E-state index in [2.05, 4.69) is 422 Å².